The topological polar surface area (TPSA) is 101 Å². The van der Waals surface area contributed by atoms with Crippen molar-refractivity contribution >= 4 is 11.9 Å². The minimum absolute atomic E-state index is 0.00183. The molecule has 18 heavy (non-hydrogen) atoms. The van der Waals surface area contributed by atoms with Gasteiger partial charge in [0, 0.05) is 13.1 Å². The van der Waals surface area contributed by atoms with Crippen LogP contribution in [0.1, 0.15) is 30.8 Å². The average molecular weight is 253 g/mol. The van der Waals surface area contributed by atoms with Crippen molar-refractivity contribution in [1.29, 1.82) is 0 Å². The fourth-order valence-corrected chi connectivity index (χ4v) is 1.23. The van der Waals surface area contributed by atoms with Crippen molar-refractivity contribution < 1.29 is 14.7 Å². The van der Waals surface area contributed by atoms with Gasteiger partial charge in [-0.25, -0.2) is 9.48 Å². The Labute approximate surface area is 103 Å². The van der Waals surface area contributed by atoms with Crippen molar-refractivity contribution in [1.82, 2.24) is 15.1 Å². The summed E-state index contributed by atoms with van der Waals surface area (Å²) in [7, 11) is 1.41. The number of carbonyl (C=O) groups excluding carboxylic acids is 1. The smallest absolute Gasteiger partial charge is 0.329 e. The predicted molar refractivity (Wildman–Crippen MR) is 63.3 cm³/mol. The van der Waals surface area contributed by atoms with Crippen LogP contribution in [-0.2, 0) is 11.8 Å². The minimum Gasteiger partial charge on any atom is -0.480 e. The zero-order chi connectivity index (χ0) is 13.9. The van der Waals surface area contributed by atoms with Gasteiger partial charge in [0.05, 0.1) is 0 Å². The van der Waals surface area contributed by atoms with E-state index in [0.29, 0.717) is 0 Å². The summed E-state index contributed by atoms with van der Waals surface area (Å²) in [5.74, 6) is -1.75. The van der Waals surface area contributed by atoms with Gasteiger partial charge in [-0.2, -0.15) is 5.10 Å². The van der Waals surface area contributed by atoms with E-state index in [1.165, 1.54) is 26.1 Å². The summed E-state index contributed by atoms with van der Waals surface area (Å²) >= 11 is 0. The van der Waals surface area contributed by atoms with Gasteiger partial charge in [-0.15, -0.1) is 0 Å². The van der Waals surface area contributed by atoms with Crippen LogP contribution < -0.4 is 10.9 Å². The Balaban J connectivity index is 2.98. The molecule has 0 fully saturated rings. The van der Waals surface area contributed by atoms with Gasteiger partial charge in [0.15, 0.2) is 0 Å². The zero-order valence-corrected chi connectivity index (χ0v) is 10.4. The SMILES string of the molecule is CCC(C)(NC(=O)c1ccc(=O)n(C)n1)C(=O)O. The van der Waals surface area contributed by atoms with Gasteiger partial charge in [0.1, 0.15) is 11.2 Å². The lowest BCUT2D eigenvalue weighted by molar-refractivity contribution is -0.143. The first-order valence-corrected chi connectivity index (χ1v) is 5.40. The summed E-state index contributed by atoms with van der Waals surface area (Å²) < 4.78 is 1.01. The lowest BCUT2D eigenvalue weighted by Gasteiger charge is -2.24. The Bertz CT molecular complexity index is 537. The fourth-order valence-electron chi connectivity index (χ4n) is 1.23. The number of hydrogen-bond acceptors (Lipinski definition) is 4. The van der Waals surface area contributed by atoms with Crippen LogP contribution in [0.15, 0.2) is 16.9 Å². The van der Waals surface area contributed by atoms with Crippen molar-refractivity contribution in [3.8, 4) is 0 Å². The Morgan fingerprint density at radius 2 is 2.11 bits per heavy atom. The third-order valence-electron chi connectivity index (χ3n) is 2.76. The highest BCUT2D eigenvalue weighted by atomic mass is 16.4. The maximum Gasteiger partial charge on any atom is 0.329 e. The van der Waals surface area contributed by atoms with E-state index in [0.717, 1.165) is 4.68 Å². The monoisotopic (exact) mass is 253 g/mol. The highest BCUT2D eigenvalue weighted by Crippen LogP contribution is 2.10. The van der Waals surface area contributed by atoms with Gasteiger partial charge < -0.3 is 10.4 Å². The average Bonchev–Trinajstić information content (AvgIpc) is 2.32. The fraction of sp³-hybridized carbons (Fsp3) is 0.455. The van der Waals surface area contributed by atoms with E-state index in [9.17, 15) is 14.4 Å². The summed E-state index contributed by atoms with van der Waals surface area (Å²) in [4.78, 5) is 34.0. The molecule has 1 rings (SSSR count). The number of nitrogens with zero attached hydrogens (tertiary/aromatic N) is 2. The van der Waals surface area contributed by atoms with E-state index in [2.05, 4.69) is 10.4 Å². The Morgan fingerprint density at radius 3 is 2.56 bits per heavy atom. The van der Waals surface area contributed by atoms with E-state index >= 15 is 0 Å². The van der Waals surface area contributed by atoms with Crippen LogP contribution in [0.5, 0.6) is 0 Å². The molecule has 1 aromatic rings. The Hall–Kier alpha value is -2.18. The number of carboxylic acids is 1. The van der Waals surface area contributed by atoms with Crippen LogP contribution in [0.3, 0.4) is 0 Å². The molecular formula is C11H15N3O4. The first kappa shape index (κ1) is 13.9. The third-order valence-corrected chi connectivity index (χ3v) is 2.76. The number of carbonyl (C=O) groups is 2. The summed E-state index contributed by atoms with van der Waals surface area (Å²) in [6, 6.07) is 2.46. The first-order valence-electron chi connectivity index (χ1n) is 5.40. The Kier molecular flexibility index (Phi) is 3.85. The molecule has 0 aliphatic rings. The van der Waals surface area contributed by atoms with Crippen molar-refractivity contribution in [3.05, 3.63) is 28.2 Å². The molecule has 0 aliphatic carbocycles. The van der Waals surface area contributed by atoms with Crippen LogP contribution in [0.4, 0.5) is 0 Å². The van der Waals surface area contributed by atoms with E-state index in [1.54, 1.807) is 6.92 Å². The normalized spacial score (nSPS) is 13.7. The number of carboxylic acid groups (broad SMARTS) is 1. The highest BCUT2D eigenvalue weighted by molar-refractivity contribution is 5.96. The number of hydrogen-bond donors (Lipinski definition) is 2. The van der Waals surface area contributed by atoms with Gasteiger partial charge >= 0.3 is 5.97 Å². The largest absolute Gasteiger partial charge is 0.480 e. The molecule has 0 radical (unpaired) electrons. The maximum absolute atomic E-state index is 11.8. The number of aryl methyl sites for hydroxylation is 1. The van der Waals surface area contributed by atoms with E-state index in [-0.39, 0.29) is 17.7 Å². The van der Waals surface area contributed by atoms with Crippen molar-refractivity contribution in [2.24, 2.45) is 7.05 Å². The third kappa shape index (κ3) is 2.73. The number of aliphatic carboxylic acids is 1. The maximum atomic E-state index is 11.8. The molecule has 1 atom stereocenters. The van der Waals surface area contributed by atoms with Crippen LogP contribution >= 0.6 is 0 Å². The van der Waals surface area contributed by atoms with Gasteiger partial charge in [-0.1, -0.05) is 6.92 Å². The van der Waals surface area contributed by atoms with Gasteiger partial charge in [0.2, 0.25) is 0 Å². The predicted octanol–water partition coefficient (Wildman–Crippen LogP) is -0.237. The minimum atomic E-state index is -1.35. The molecule has 0 aromatic carbocycles. The second-order valence-corrected chi connectivity index (χ2v) is 4.13. The summed E-state index contributed by atoms with van der Waals surface area (Å²) in [6.07, 6.45) is 0.236. The summed E-state index contributed by atoms with van der Waals surface area (Å²) in [5, 5.41) is 15.2. The molecule has 0 spiro atoms. The zero-order valence-electron chi connectivity index (χ0n) is 10.4. The molecule has 98 valence electrons. The van der Waals surface area contributed by atoms with Crippen LogP contribution in [0.25, 0.3) is 0 Å². The van der Waals surface area contributed by atoms with Gasteiger partial charge in [-0.3, -0.25) is 9.59 Å². The van der Waals surface area contributed by atoms with Crippen molar-refractivity contribution in [2.45, 2.75) is 25.8 Å². The first-order chi connectivity index (χ1) is 8.30. The lowest BCUT2D eigenvalue weighted by Crippen LogP contribution is -2.52. The summed E-state index contributed by atoms with van der Waals surface area (Å²) in [6.45, 7) is 3.07. The molecule has 0 bridgehead atoms. The van der Waals surface area contributed by atoms with Crippen LogP contribution in [0.2, 0.25) is 0 Å². The van der Waals surface area contributed by atoms with E-state index in [4.69, 9.17) is 5.11 Å². The van der Waals surface area contributed by atoms with Crippen molar-refractivity contribution in [3.63, 3.8) is 0 Å². The molecule has 1 amide bonds. The number of rotatable bonds is 4. The quantitative estimate of drug-likeness (QED) is 0.771. The number of aromatic nitrogens is 2. The molecule has 0 aliphatic heterocycles. The van der Waals surface area contributed by atoms with Crippen LogP contribution in [0, 0.1) is 0 Å². The standard InChI is InChI=1S/C11H15N3O4/c1-4-11(2,10(17)18)12-9(16)7-5-6-8(15)14(3)13-7/h5-6H,4H2,1-3H3,(H,12,16)(H,17,18). The molecule has 0 saturated carbocycles. The molecular weight excluding hydrogens is 238 g/mol. The van der Waals surface area contributed by atoms with E-state index in [1.807, 2.05) is 0 Å². The molecule has 7 heteroatoms. The molecule has 1 aromatic heterocycles. The highest BCUT2D eigenvalue weighted by Gasteiger charge is 2.33. The molecule has 2 N–H and O–H groups in total. The van der Waals surface area contributed by atoms with Crippen molar-refractivity contribution in [2.75, 3.05) is 0 Å². The number of nitrogens with one attached hydrogen (secondary N) is 1. The lowest BCUT2D eigenvalue weighted by atomic mass is 9.99. The second kappa shape index (κ2) is 4.99. The van der Waals surface area contributed by atoms with Crippen LogP contribution in [-0.4, -0.2) is 32.3 Å². The van der Waals surface area contributed by atoms with Gasteiger partial charge in [-0.05, 0) is 19.4 Å². The Morgan fingerprint density at radius 1 is 1.50 bits per heavy atom. The molecule has 7 nitrogen and oxygen atoms in total. The summed E-state index contributed by atoms with van der Waals surface area (Å²) in [5.41, 5.74) is -1.70. The molecule has 1 heterocycles. The molecule has 1 unspecified atom stereocenters. The van der Waals surface area contributed by atoms with E-state index < -0.39 is 17.4 Å². The van der Waals surface area contributed by atoms with Gasteiger partial charge in [0.25, 0.3) is 11.5 Å². The molecule has 0 saturated heterocycles. The second-order valence-electron chi connectivity index (χ2n) is 4.13. The number of amides is 1.